The summed E-state index contributed by atoms with van der Waals surface area (Å²) in [7, 11) is 0. The van der Waals surface area contributed by atoms with Gasteiger partial charge in [-0.3, -0.25) is 96.1 Å². The molecule has 0 aromatic carbocycles. The summed E-state index contributed by atoms with van der Waals surface area (Å²) in [6, 6.07) is -11.3. The first-order chi connectivity index (χ1) is 60.8. The molecule has 7 rings (SSSR count). The third kappa shape index (κ3) is 36.7. The number of rotatable bonds is 48. The van der Waals surface area contributed by atoms with Crippen LogP contribution in [0.1, 0.15) is 193 Å². The minimum Gasteiger partial charge on any atom is -0.356 e. The Bertz CT molecular complexity index is 3420. The molecule has 48 heteroatoms. The van der Waals surface area contributed by atoms with E-state index in [2.05, 4.69) is 115 Å². The van der Waals surface area contributed by atoms with Crippen LogP contribution < -0.4 is 119 Å². The van der Waals surface area contributed by atoms with Gasteiger partial charge in [0, 0.05) is 87.2 Å². The highest BCUT2D eigenvalue weighted by Gasteiger charge is 2.46. The van der Waals surface area contributed by atoms with Gasteiger partial charge in [-0.1, -0.05) is 12.8 Å². The van der Waals surface area contributed by atoms with Crippen LogP contribution in [0.5, 0.6) is 0 Å². The molecule has 7 aliphatic heterocycles. The first kappa shape index (κ1) is 104. The van der Waals surface area contributed by atoms with Crippen molar-refractivity contribution in [2.45, 2.75) is 276 Å². The lowest BCUT2D eigenvalue weighted by Crippen LogP contribution is -2.59. The zero-order chi connectivity index (χ0) is 91.1. The monoisotopic (exact) mass is 1820 g/mol. The van der Waals surface area contributed by atoms with Gasteiger partial charge in [-0.05, 0) is 167 Å². The number of thioether (sulfide) groups is 2. The molecular weight excluding hydrogens is 1690 g/mol. The molecule has 708 valence electrons. The van der Waals surface area contributed by atoms with Crippen molar-refractivity contribution in [3.05, 3.63) is 0 Å². The van der Waals surface area contributed by atoms with Crippen LogP contribution in [0.3, 0.4) is 0 Å². The van der Waals surface area contributed by atoms with Crippen molar-refractivity contribution in [1.82, 2.24) is 106 Å². The fourth-order valence-electron chi connectivity index (χ4n) is 16.2. The van der Waals surface area contributed by atoms with Crippen LogP contribution in [0.15, 0.2) is 0 Å². The van der Waals surface area contributed by atoms with Crippen LogP contribution in [0.4, 0.5) is 9.59 Å². The molecule has 14 atom stereocenters. The van der Waals surface area contributed by atoms with E-state index in [4.69, 9.17) is 23.6 Å². The SMILES string of the molecule is NOCC(=O)NCCCC[C@@H]1NC(=O)CNC(=O)[C@@H]2CCCN2C(=O)[C@H](CCCCNC(=O)CON)NC(=O)[C@H](CCCCNC(=O)CCCC[C@@H]2SC[C@@H]3NC(=O)N[C@@H]32)NC(=O)[C@H](CCCCNC(=O)CON)NC(=O)CNC(=O)[C@@H]2CCCN2C(=O)[C@H](CCCCNC(=O)CON)NC(=O)[C@H](CCCCNC(=O)CCCC[C@@H]2SC[C@@H]3NC(=O)N[C@@H]32)NC1=O. The Morgan fingerprint density at radius 3 is 0.913 bits per heavy atom. The summed E-state index contributed by atoms with van der Waals surface area (Å²) >= 11 is 3.55. The van der Waals surface area contributed by atoms with Crippen LogP contribution >= 0.6 is 23.5 Å². The van der Waals surface area contributed by atoms with E-state index >= 15 is 19.2 Å². The molecule has 0 bridgehead atoms. The molecule has 20 amide bonds. The molecule has 0 unspecified atom stereocenters. The fourth-order valence-corrected chi connectivity index (χ4v) is 19.3. The van der Waals surface area contributed by atoms with Gasteiger partial charge in [0.05, 0.1) is 37.3 Å². The normalized spacial score (nSPS) is 25.2. The second-order valence-electron chi connectivity index (χ2n) is 32.4. The number of fused-ring (bicyclic) bond motifs is 4. The molecule has 126 heavy (non-hydrogen) atoms. The molecule has 7 fully saturated rings. The molecule has 26 N–H and O–H groups in total. The molecule has 46 nitrogen and oxygen atoms in total. The molecule has 0 saturated carbocycles. The number of unbranched alkanes of at least 4 members (excludes halogenated alkanes) is 8. The summed E-state index contributed by atoms with van der Waals surface area (Å²) in [4.78, 5) is 268. The first-order valence-electron chi connectivity index (χ1n) is 44.0. The zero-order valence-corrected chi connectivity index (χ0v) is 73.2. The van der Waals surface area contributed by atoms with E-state index < -0.39 is 171 Å². The lowest BCUT2D eigenvalue weighted by Gasteiger charge is -2.31. The van der Waals surface area contributed by atoms with E-state index in [1.807, 2.05) is 0 Å². The van der Waals surface area contributed by atoms with Crippen molar-refractivity contribution >= 4 is 130 Å². The number of hydrogen-bond donors (Lipinski definition) is 22. The molecule has 0 radical (unpaired) electrons. The first-order valence-corrected chi connectivity index (χ1v) is 46.1. The maximum atomic E-state index is 15.2. The highest BCUT2D eigenvalue weighted by atomic mass is 32.2. The number of nitrogens with zero attached hydrogens (tertiary/aromatic N) is 2. The summed E-state index contributed by atoms with van der Waals surface area (Å²) < 4.78 is 0. The molecule has 0 aromatic rings. The Kier molecular flexibility index (Phi) is 47.1. The van der Waals surface area contributed by atoms with Gasteiger partial charge < -0.3 is 106 Å². The van der Waals surface area contributed by atoms with Crippen molar-refractivity contribution in [2.75, 3.05) is 103 Å². The highest BCUT2D eigenvalue weighted by Crippen LogP contribution is 2.35. The van der Waals surface area contributed by atoms with Gasteiger partial charge in [0.1, 0.15) is 74.8 Å². The fraction of sp³-hybridized carbons (Fsp3) is 0.769. The molecule has 0 aliphatic carbocycles. The zero-order valence-electron chi connectivity index (χ0n) is 71.6. The maximum Gasteiger partial charge on any atom is 0.315 e. The Morgan fingerprint density at radius 2 is 0.603 bits per heavy atom. The summed E-state index contributed by atoms with van der Waals surface area (Å²) in [5.41, 5.74) is 0. The van der Waals surface area contributed by atoms with Gasteiger partial charge in [-0.15, -0.1) is 0 Å². The number of nitrogens with one attached hydrogen (secondary N) is 18. The molecule has 7 aliphatic rings. The number of urea groups is 2. The second kappa shape index (κ2) is 57.3. The van der Waals surface area contributed by atoms with Crippen LogP contribution in [0.2, 0.25) is 0 Å². The molecule has 0 aromatic heterocycles. The van der Waals surface area contributed by atoms with Gasteiger partial charge in [0.25, 0.3) is 0 Å². The number of amides is 20. The van der Waals surface area contributed by atoms with Crippen molar-refractivity contribution in [2.24, 2.45) is 23.6 Å². The maximum absolute atomic E-state index is 15.2. The van der Waals surface area contributed by atoms with Crippen molar-refractivity contribution in [1.29, 1.82) is 0 Å². The highest BCUT2D eigenvalue weighted by molar-refractivity contribution is 8.00. The number of hydrogen-bond acceptors (Lipinski definition) is 28. The Labute approximate surface area is 740 Å². The second-order valence-corrected chi connectivity index (χ2v) is 34.9. The number of carbonyl (C=O) groups is 18. The number of nitrogens with two attached hydrogens (primary N) is 4. The molecule has 0 spiro atoms. The lowest BCUT2D eigenvalue weighted by molar-refractivity contribution is -0.142. The quantitative estimate of drug-likeness (QED) is 0.0153. The smallest absolute Gasteiger partial charge is 0.315 e. The van der Waals surface area contributed by atoms with Gasteiger partial charge in [0.15, 0.2) is 0 Å². The predicted octanol–water partition coefficient (Wildman–Crippen LogP) is -6.14. The van der Waals surface area contributed by atoms with E-state index in [0.29, 0.717) is 12.8 Å². The van der Waals surface area contributed by atoms with Crippen LogP contribution in [0.25, 0.3) is 0 Å². The van der Waals surface area contributed by atoms with Crippen molar-refractivity contribution < 1.29 is 106 Å². The minimum atomic E-state index is -1.46. The van der Waals surface area contributed by atoms with E-state index in [9.17, 15) is 67.1 Å². The minimum absolute atomic E-state index is 0.00536. The Hall–Kier alpha value is -9.56. The third-order valence-electron chi connectivity index (χ3n) is 22.8. The van der Waals surface area contributed by atoms with Crippen molar-refractivity contribution in [3.8, 4) is 0 Å². The third-order valence-corrected chi connectivity index (χ3v) is 25.8. The standard InChI is InChI=1S/C78H132N24O22S2/c79-121-41-63(107)85-33-13-5-19-47-69(111)93-49(21-7-11-31-83-59(103)29-3-1-27-57-67-53(45-125-57)97-77(119)99-67)71(113)95-51(23-9-15-35-87-65(109)43-123-81)75(117)101-37-17-25-55(101)73(115)90-40-62(106)92-48(20-6-14-34-86-64(108)42-122-80)70(112)94-50(22-8-12-32-84-60(104)30-4-2-28-58-68-54(46-126-58)98-78(120)100-68)72(114)96-52(24-10-16-36-88-66(110)44-124-82)76(118)102-38-18-26-56(102)74(116)89-39-61(105)91-47/h47-58,67-68H,1-46,79-82H2,(H,83,103)(H,84,104)(H,85,107)(H,86,108)(H,87,109)(H,88,110)(H,89,116)(H,90,115)(H,91,105)(H,92,106)(H,93,111)(H,94,112)(H,95,113)(H,96,114)(H2,97,99,119)(H2,98,100,120)/t47-,48-,49-,50-,51-,52-,53-,54-,55-,56-,57-,58-,67-,68-/m0/s1. The van der Waals surface area contributed by atoms with E-state index in [-0.39, 0.29) is 265 Å². The van der Waals surface area contributed by atoms with Crippen LogP contribution in [0, 0.1) is 0 Å². The molecule has 7 saturated heterocycles. The largest absolute Gasteiger partial charge is 0.356 e. The summed E-state index contributed by atoms with van der Waals surface area (Å²) in [5.74, 6) is 11.1. The van der Waals surface area contributed by atoms with Gasteiger partial charge >= 0.3 is 12.1 Å². The van der Waals surface area contributed by atoms with Crippen molar-refractivity contribution in [3.63, 3.8) is 0 Å². The van der Waals surface area contributed by atoms with Gasteiger partial charge in [-0.2, -0.15) is 23.5 Å². The predicted molar refractivity (Wildman–Crippen MR) is 457 cm³/mol. The lowest BCUT2D eigenvalue weighted by atomic mass is 10.0. The van der Waals surface area contributed by atoms with E-state index in [1.54, 1.807) is 23.5 Å². The number of carbonyl (C=O) groups excluding carboxylic acids is 18. The summed E-state index contributed by atoms with van der Waals surface area (Å²) in [5, 5.41) is 50.3. The van der Waals surface area contributed by atoms with Gasteiger partial charge in [0.2, 0.25) is 94.5 Å². The summed E-state index contributed by atoms with van der Waals surface area (Å²) in [6.07, 6.45) is 7.41. The molecular formula is C78H132N24O22S2. The molecule has 7 heterocycles. The Balaban J connectivity index is 1.16. The van der Waals surface area contributed by atoms with Crippen LogP contribution in [-0.2, 0) is 96.1 Å². The van der Waals surface area contributed by atoms with E-state index in [0.717, 1.165) is 37.2 Å². The van der Waals surface area contributed by atoms with Crippen LogP contribution in [-0.4, -0.2) is 303 Å². The average molecular weight is 1820 g/mol. The average Bonchev–Trinajstić information content (AvgIpc) is 1.67. The Morgan fingerprint density at radius 1 is 0.325 bits per heavy atom. The summed E-state index contributed by atoms with van der Waals surface area (Å²) in [6.45, 7) is -2.67. The topological polar surface area (TPSA) is 671 Å². The van der Waals surface area contributed by atoms with E-state index in [1.165, 1.54) is 9.80 Å². The van der Waals surface area contributed by atoms with Gasteiger partial charge in [-0.25, -0.2) is 33.2 Å².